The number of fused-ring (bicyclic) bond motifs is 1. The summed E-state index contributed by atoms with van der Waals surface area (Å²) in [7, 11) is 0. The number of aliphatic hydroxyl groups is 1. The summed E-state index contributed by atoms with van der Waals surface area (Å²) in [5, 5.41) is 20.3. The molecule has 3 aromatic heterocycles. The molecular formula is C19H18FN7O. The number of H-pyrrole nitrogens is 1. The number of rotatable bonds is 6. The van der Waals surface area contributed by atoms with E-state index in [9.17, 15) is 9.50 Å². The van der Waals surface area contributed by atoms with Crippen LogP contribution in [0, 0.1) is 5.82 Å². The van der Waals surface area contributed by atoms with Crippen molar-refractivity contribution in [3.8, 4) is 0 Å². The summed E-state index contributed by atoms with van der Waals surface area (Å²) in [4.78, 5) is 13.2. The fourth-order valence-corrected chi connectivity index (χ4v) is 3.27. The van der Waals surface area contributed by atoms with Crippen LogP contribution < -0.4 is 5.32 Å². The van der Waals surface area contributed by atoms with Gasteiger partial charge in [0.15, 0.2) is 11.5 Å². The molecule has 0 bridgehead atoms. The average Bonchev–Trinajstić information content (AvgIpc) is 3.32. The molecule has 1 atom stereocenters. The van der Waals surface area contributed by atoms with Gasteiger partial charge in [-0.25, -0.2) is 14.4 Å². The first-order valence-corrected chi connectivity index (χ1v) is 9.09. The lowest BCUT2D eigenvalue weighted by Crippen LogP contribution is -2.14. The van der Waals surface area contributed by atoms with Crippen LogP contribution in [0.4, 0.5) is 16.2 Å². The van der Waals surface area contributed by atoms with Crippen molar-refractivity contribution < 1.29 is 9.50 Å². The standard InChI is InChI=1S/C19H18FN7O/c20-13-5-3-12(4-6-13)16(9-28)27-10-22-15-8-21-19(24-18(15)27)23-17-7-14(25-26-17)11-1-2-11/h3-8,10-11,16,28H,1-2,9H2,(H2,21,23,24,25,26)/t16-/m0/s1. The molecule has 1 fully saturated rings. The van der Waals surface area contributed by atoms with E-state index in [0.29, 0.717) is 28.8 Å². The SMILES string of the molecule is OC[C@@H](c1ccc(F)cc1)n1cnc2cnc(Nc3cc(C4CC4)[nH]n3)nc21. The lowest BCUT2D eigenvalue weighted by Gasteiger charge is -2.17. The van der Waals surface area contributed by atoms with Crippen LogP contribution in [0.2, 0.25) is 0 Å². The van der Waals surface area contributed by atoms with E-state index in [1.54, 1.807) is 29.2 Å². The summed E-state index contributed by atoms with van der Waals surface area (Å²) in [5.74, 6) is 1.30. The predicted molar refractivity (Wildman–Crippen MR) is 101 cm³/mol. The third-order valence-corrected chi connectivity index (χ3v) is 4.93. The molecular weight excluding hydrogens is 361 g/mol. The fraction of sp³-hybridized carbons (Fsp3) is 0.263. The second kappa shape index (κ2) is 6.68. The van der Waals surface area contributed by atoms with Crippen molar-refractivity contribution in [3.05, 3.63) is 59.9 Å². The van der Waals surface area contributed by atoms with E-state index in [4.69, 9.17) is 0 Å². The Bertz CT molecular complexity index is 1120. The number of aromatic nitrogens is 6. The van der Waals surface area contributed by atoms with Gasteiger partial charge in [0.1, 0.15) is 11.3 Å². The lowest BCUT2D eigenvalue weighted by atomic mass is 10.1. The number of benzene rings is 1. The van der Waals surface area contributed by atoms with Crippen molar-refractivity contribution in [1.82, 2.24) is 29.7 Å². The molecule has 0 aliphatic heterocycles. The van der Waals surface area contributed by atoms with Gasteiger partial charge in [-0.05, 0) is 30.5 Å². The van der Waals surface area contributed by atoms with Gasteiger partial charge in [0.25, 0.3) is 0 Å². The molecule has 142 valence electrons. The van der Waals surface area contributed by atoms with Crippen LogP contribution in [0.1, 0.15) is 36.1 Å². The van der Waals surface area contributed by atoms with Crippen LogP contribution in [-0.4, -0.2) is 41.4 Å². The molecule has 9 heteroatoms. The summed E-state index contributed by atoms with van der Waals surface area (Å²) in [5.41, 5.74) is 3.05. The Balaban J connectivity index is 1.47. The van der Waals surface area contributed by atoms with E-state index in [-0.39, 0.29) is 12.4 Å². The summed E-state index contributed by atoms with van der Waals surface area (Å²) >= 11 is 0. The minimum atomic E-state index is -0.430. The van der Waals surface area contributed by atoms with Crippen molar-refractivity contribution in [2.75, 3.05) is 11.9 Å². The van der Waals surface area contributed by atoms with Gasteiger partial charge >= 0.3 is 0 Å². The Hall–Kier alpha value is -3.33. The van der Waals surface area contributed by atoms with Crippen molar-refractivity contribution in [3.63, 3.8) is 0 Å². The van der Waals surface area contributed by atoms with Crippen molar-refractivity contribution in [2.45, 2.75) is 24.8 Å². The highest BCUT2D eigenvalue weighted by atomic mass is 19.1. The van der Waals surface area contributed by atoms with Gasteiger partial charge in [0.2, 0.25) is 5.95 Å². The van der Waals surface area contributed by atoms with E-state index in [2.05, 4.69) is 30.5 Å². The number of halogens is 1. The molecule has 3 N–H and O–H groups in total. The number of hydrogen-bond donors (Lipinski definition) is 3. The number of imidazole rings is 1. The van der Waals surface area contributed by atoms with Gasteiger partial charge in [0.05, 0.1) is 25.2 Å². The van der Waals surface area contributed by atoms with Crippen LogP contribution in [0.25, 0.3) is 11.2 Å². The number of nitrogens with zero attached hydrogens (tertiary/aromatic N) is 5. The maximum atomic E-state index is 13.2. The van der Waals surface area contributed by atoms with Crippen LogP contribution in [0.3, 0.4) is 0 Å². The fourth-order valence-electron chi connectivity index (χ4n) is 3.27. The zero-order chi connectivity index (χ0) is 19.1. The highest BCUT2D eigenvalue weighted by molar-refractivity contribution is 5.72. The molecule has 0 radical (unpaired) electrons. The van der Waals surface area contributed by atoms with E-state index >= 15 is 0 Å². The Labute approximate surface area is 159 Å². The van der Waals surface area contributed by atoms with Crippen molar-refractivity contribution >= 4 is 22.9 Å². The predicted octanol–water partition coefficient (Wildman–Crippen LogP) is 2.89. The number of aromatic amines is 1. The normalized spacial score (nSPS) is 15.1. The van der Waals surface area contributed by atoms with Gasteiger partial charge < -0.3 is 15.0 Å². The molecule has 5 rings (SSSR count). The highest BCUT2D eigenvalue weighted by Gasteiger charge is 2.25. The maximum Gasteiger partial charge on any atom is 0.230 e. The first-order chi connectivity index (χ1) is 13.7. The molecule has 0 saturated heterocycles. The van der Waals surface area contributed by atoms with Gasteiger partial charge in [-0.3, -0.25) is 5.10 Å². The van der Waals surface area contributed by atoms with E-state index in [0.717, 1.165) is 11.3 Å². The highest BCUT2D eigenvalue weighted by Crippen LogP contribution is 2.39. The van der Waals surface area contributed by atoms with Gasteiger partial charge in [-0.2, -0.15) is 10.1 Å². The molecule has 1 aromatic carbocycles. The molecule has 8 nitrogen and oxygen atoms in total. The number of hydrogen-bond acceptors (Lipinski definition) is 6. The van der Waals surface area contributed by atoms with Gasteiger partial charge in [0, 0.05) is 17.7 Å². The second-order valence-electron chi connectivity index (χ2n) is 6.91. The van der Waals surface area contributed by atoms with Crippen molar-refractivity contribution in [1.29, 1.82) is 0 Å². The monoisotopic (exact) mass is 379 g/mol. The Kier molecular flexibility index (Phi) is 4.01. The summed E-state index contributed by atoms with van der Waals surface area (Å²) in [6, 6.07) is 7.57. The molecule has 1 saturated carbocycles. The van der Waals surface area contributed by atoms with Crippen LogP contribution in [0.5, 0.6) is 0 Å². The third-order valence-electron chi connectivity index (χ3n) is 4.93. The smallest absolute Gasteiger partial charge is 0.230 e. The Morgan fingerprint density at radius 2 is 2.07 bits per heavy atom. The lowest BCUT2D eigenvalue weighted by molar-refractivity contribution is 0.251. The van der Waals surface area contributed by atoms with Crippen LogP contribution in [0.15, 0.2) is 42.9 Å². The molecule has 4 aromatic rings. The van der Waals surface area contributed by atoms with E-state index in [1.807, 2.05) is 6.07 Å². The minimum Gasteiger partial charge on any atom is -0.394 e. The van der Waals surface area contributed by atoms with E-state index in [1.165, 1.54) is 25.0 Å². The average molecular weight is 379 g/mol. The molecule has 0 amide bonds. The largest absolute Gasteiger partial charge is 0.394 e. The minimum absolute atomic E-state index is 0.173. The summed E-state index contributed by atoms with van der Waals surface area (Å²) in [6.45, 7) is -0.173. The summed E-state index contributed by atoms with van der Waals surface area (Å²) < 4.78 is 15.0. The Morgan fingerprint density at radius 3 is 2.82 bits per heavy atom. The van der Waals surface area contributed by atoms with Crippen molar-refractivity contribution in [2.24, 2.45) is 0 Å². The van der Waals surface area contributed by atoms with E-state index < -0.39 is 6.04 Å². The van der Waals surface area contributed by atoms with Crippen LogP contribution >= 0.6 is 0 Å². The quantitative estimate of drug-likeness (QED) is 0.476. The third kappa shape index (κ3) is 3.09. The molecule has 0 spiro atoms. The molecule has 3 heterocycles. The zero-order valence-corrected chi connectivity index (χ0v) is 14.9. The topological polar surface area (TPSA) is 105 Å². The van der Waals surface area contributed by atoms with Gasteiger partial charge in [-0.15, -0.1) is 0 Å². The number of anilines is 2. The first kappa shape index (κ1) is 16.8. The first-order valence-electron chi connectivity index (χ1n) is 9.09. The number of nitrogens with one attached hydrogen (secondary N) is 2. The van der Waals surface area contributed by atoms with Crippen LogP contribution in [-0.2, 0) is 0 Å². The molecule has 1 aliphatic rings. The maximum absolute atomic E-state index is 13.2. The zero-order valence-electron chi connectivity index (χ0n) is 14.9. The molecule has 1 aliphatic carbocycles. The molecule has 28 heavy (non-hydrogen) atoms. The molecule has 0 unspecified atom stereocenters. The number of aliphatic hydroxyl groups excluding tert-OH is 1. The second-order valence-corrected chi connectivity index (χ2v) is 6.91. The summed E-state index contributed by atoms with van der Waals surface area (Å²) in [6.07, 6.45) is 5.60. The van der Waals surface area contributed by atoms with Gasteiger partial charge in [-0.1, -0.05) is 12.1 Å². The Morgan fingerprint density at radius 1 is 1.25 bits per heavy atom.